The molecule has 2 fully saturated rings. The third-order valence-corrected chi connectivity index (χ3v) is 4.24. The predicted molar refractivity (Wildman–Crippen MR) is 58.9 cm³/mol. The molecule has 1 N–H and O–H groups in total. The van der Waals surface area contributed by atoms with Gasteiger partial charge in [-0.3, -0.25) is 9.59 Å². The van der Waals surface area contributed by atoms with E-state index < -0.39 is 11.4 Å². The molecule has 1 heterocycles. The third kappa shape index (κ3) is 1.51. The number of carboxylic acids is 1. The van der Waals surface area contributed by atoms with Crippen LogP contribution in [0.2, 0.25) is 0 Å². The summed E-state index contributed by atoms with van der Waals surface area (Å²) >= 11 is 0. The van der Waals surface area contributed by atoms with Gasteiger partial charge in [0, 0.05) is 19.0 Å². The Bertz CT molecular complexity index is 315. The molecule has 0 aromatic carbocycles. The van der Waals surface area contributed by atoms with Crippen LogP contribution in [-0.4, -0.2) is 34.5 Å². The number of aliphatic carboxylic acids is 1. The summed E-state index contributed by atoms with van der Waals surface area (Å²) in [7, 11) is 0. The van der Waals surface area contributed by atoms with Gasteiger partial charge in [0.25, 0.3) is 0 Å². The van der Waals surface area contributed by atoms with E-state index in [1.165, 1.54) is 0 Å². The van der Waals surface area contributed by atoms with Crippen molar-refractivity contribution in [2.45, 2.75) is 51.5 Å². The van der Waals surface area contributed by atoms with Crippen LogP contribution >= 0.6 is 0 Å². The van der Waals surface area contributed by atoms with E-state index in [0.717, 1.165) is 25.7 Å². The average Bonchev–Trinajstić information content (AvgIpc) is 2.29. The van der Waals surface area contributed by atoms with Gasteiger partial charge in [0.05, 0.1) is 5.41 Å². The second-order valence-electron chi connectivity index (χ2n) is 4.90. The van der Waals surface area contributed by atoms with Gasteiger partial charge in [0.1, 0.15) is 0 Å². The minimum Gasteiger partial charge on any atom is -0.481 e. The number of piperidine rings is 1. The summed E-state index contributed by atoms with van der Waals surface area (Å²) in [5.74, 6) is -0.575. The average molecular weight is 225 g/mol. The number of likely N-dealkylation sites (tertiary alicyclic amines) is 1. The molecule has 90 valence electrons. The highest BCUT2D eigenvalue weighted by Crippen LogP contribution is 2.46. The standard InChI is InChI=1S/C12H19NO3/c1-2-13-9-5-3-4-7-12(9,11(15)16)8-6-10(13)14/h9H,2-8H2,1H3,(H,15,16)/t9-,12+/m1/s1. The van der Waals surface area contributed by atoms with Crippen LogP contribution in [0.1, 0.15) is 45.4 Å². The van der Waals surface area contributed by atoms with Crippen molar-refractivity contribution in [2.75, 3.05) is 6.54 Å². The number of hydrogen-bond acceptors (Lipinski definition) is 2. The van der Waals surface area contributed by atoms with Crippen LogP contribution in [0.3, 0.4) is 0 Å². The second-order valence-corrected chi connectivity index (χ2v) is 4.90. The van der Waals surface area contributed by atoms with E-state index in [-0.39, 0.29) is 11.9 Å². The zero-order valence-electron chi connectivity index (χ0n) is 9.74. The van der Waals surface area contributed by atoms with Gasteiger partial charge in [0.2, 0.25) is 5.91 Å². The highest BCUT2D eigenvalue weighted by atomic mass is 16.4. The molecule has 0 aromatic heterocycles. The van der Waals surface area contributed by atoms with Crippen molar-refractivity contribution in [1.82, 2.24) is 4.90 Å². The molecule has 2 aliphatic rings. The lowest BCUT2D eigenvalue weighted by molar-refractivity contribution is -0.166. The lowest BCUT2D eigenvalue weighted by Crippen LogP contribution is -2.59. The van der Waals surface area contributed by atoms with Crippen LogP contribution in [0.25, 0.3) is 0 Å². The number of carbonyl (C=O) groups excluding carboxylic acids is 1. The Balaban J connectivity index is 2.33. The number of amides is 1. The third-order valence-electron chi connectivity index (χ3n) is 4.24. The van der Waals surface area contributed by atoms with Crippen LogP contribution in [0, 0.1) is 5.41 Å². The van der Waals surface area contributed by atoms with Crippen LogP contribution in [0.5, 0.6) is 0 Å². The fourth-order valence-corrected chi connectivity index (χ4v) is 3.37. The first-order valence-corrected chi connectivity index (χ1v) is 6.14. The molecule has 0 unspecified atom stereocenters. The quantitative estimate of drug-likeness (QED) is 0.777. The number of carboxylic acid groups (broad SMARTS) is 1. The first kappa shape index (κ1) is 11.4. The van der Waals surface area contributed by atoms with Gasteiger partial charge in [-0.2, -0.15) is 0 Å². The molecule has 4 heteroatoms. The lowest BCUT2D eigenvalue weighted by atomic mass is 9.65. The zero-order chi connectivity index (χ0) is 11.8. The van der Waals surface area contributed by atoms with Crippen molar-refractivity contribution in [3.63, 3.8) is 0 Å². The number of carbonyl (C=O) groups is 2. The molecule has 0 bridgehead atoms. The molecule has 2 rings (SSSR count). The Hall–Kier alpha value is -1.06. The van der Waals surface area contributed by atoms with E-state index in [1.807, 2.05) is 6.92 Å². The van der Waals surface area contributed by atoms with Crippen molar-refractivity contribution in [1.29, 1.82) is 0 Å². The smallest absolute Gasteiger partial charge is 0.311 e. The summed E-state index contributed by atoms with van der Waals surface area (Å²) in [4.78, 5) is 25.1. The molecule has 0 radical (unpaired) electrons. The molecule has 4 nitrogen and oxygen atoms in total. The van der Waals surface area contributed by atoms with Gasteiger partial charge in [-0.1, -0.05) is 12.8 Å². The summed E-state index contributed by atoms with van der Waals surface area (Å²) in [6, 6.07) is -0.0648. The van der Waals surface area contributed by atoms with Gasteiger partial charge in [-0.05, 0) is 26.2 Å². The van der Waals surface area contributed by atoms with Crippen LogP contribution < -0.4 is 0 Å². The van der Waals surface area contributed by atoms with Crippen molar-refractivity contribution in [3.8, 4) is 0 Å². The largest absolute Gasteiger partial charge is 0.481 e. The van der Waals surface area contributed by atoms with Gasteiger partial charge in [-0.25, -0.2) is 0 Å². The van der Waals surface area contributed by atoms with Crippen molar-refractivity contribution in [3.05, 3.63) is 0 Å². The number of nitrogens with zero attached hydrogens (tertiary/aromatic N) is 1. The van der Waals surface area contributed by atoms with E-state index in [1.54, 1.807) is 4.90 Å². The Morgan fingerprint density at radius 1 is 1.50 bits per heavy atom. The SMILES string of the molecule is CCN1C(=O)CC[C@@]2(C(=O)O)CCCC[C@@H]12. The molecule has 1 aliphatic heterocycles. The summed E-state index contributed by atoms with van der Waals surface area (Å²) < 4.78 is 0. The molecule has 0 aromatic rings. The minimum atomic E-state index is -0.705. The fourth-order valence-electron chi connectivity index (χ4n) is 3.37. The maximum atomic E-state index is 11.8. The predicted octanol–water partition coefficient (Wildman–Crippen LogP) is 1.64. The number of fused-ring (bicyclic) bond motifs is 1. The molecular formula is C12H19NO3. The van der Waals surface area contributed by atoms with Gasteiger partial charge in [0.15, 0.2) is 0 Å². The Morgan fingerprint density at radius 2 is 2.25 bits per heavy atom. The Kier molecular flexibility index (Phi) is 2.91. The molecule has 1 amide bonds. The summed E-state index contributed by atoms with van der Waals surface area (Å²) in [6.45, 7) is 2.57. The number of rotatable bonds is 2. The Labute approximate surface area is 95.6 Å². The first-order valence-electron chi connectivity index (χ1n) is 6.14. The summed E-state index contributed by atoms with van der Waals surface area (Å²) in [5.41, 5.74) is -0.651. The minimum absolute atomic E-state index is 0.0648. The van der Waals surface area contributed by atoms with Gasteiger partial charge < -0.3 is 10.0 Å². The topological polar surface area (TPSA) is 57.6 Å². The molecule has 2 atom stereocenters. The zero-order valence-corrected chi connectivity index (χ0v) is 9.74. The highest BCUT2D eigenvalue weighted by molar-refractivity contribution is 5.83. The van der Waals surface area contributed by atoms with E-state index in [2.05, 4.69) is 0 Å². The maximum Gasteiger partial charge on any atom is 0.311 e. The van der Waals surface area contributed by atoms with Crippen LogP contribution in [0.4, 0.5) is 0 Å². The van der Waals surface area contributed by atoms with Crippen molar-refractivity contribution in [2.24, 2.45) is 5.41 Å². The second kappa shape index (κ2) is 4.07. The molecular weight excluding hydrogens is 206 g/mol. The lowest BCUT2D eigenvalue weighted by Gasteiger charge is -2.49. The van der Waals surface area contributed by atoms with Gasteiger partial charge in [-0.15, -0.1) is 0 Å². The van der Waals surface area contributed by atoms with E-state index in [0.29, 0.717) is 19.4 Å². The molecule has 16 heavy (non-hydrogen) atoms. The normalized spacial score (nSPS) is 34.7. The summed E-state index contributed by atoms with van der Waals surface area (Å²) in [5, 5.41) is 9.49. The fraction of sp³-hybridized carbons (Fsp3) is 0.833. The molecule has 0 spiro atoms. The van der Waals surface area contributed by atoms with Crippen LogP contribution in [-0.2, 0) is 9.59 Å². The summed E-state index contributed by atoms with van der Waals surface area (Å²) in [6.07, 6.45) is 4.54. The number of hydrogen-bond donors (Lipinski definition) is 1. The highest BCUT2D eigenvalue weighted by Gasteiger charge is 2.53. The van der Waals surface area contributed by atoms with Crippen molar-refractivity contribution < 1.29 is 14.7 Å². The monoisotopic (exact) mass is 225 g/mol. The molecule has 1 aliphatic carbocycles. The molecule has 1 saturated carbocycles. The van der Waals surface area contributed by atoms with Crippen molar-refractivity contribution >= 4 is 11.9 Å². The maximum absolute atomic E-state index is 11.8. The van der Waals surface area contributed by atoms with E-state index in [4.69, 9.17) is 0 Å². The van der Waals surface area contributed by atoms with E-state index in [9.17, 15) is 14.7 Å². The van der Waals surface area contributed by atoms with E-state index >= 15 is 0 Å². The first-order chi connectivity index (χ1) is 7.62. The Morgan fingerprint density at radius 3 is 2.88 bits per heavy atom. The van der Waals surface area contributed by atoms with Gasteiger partial charge >= 0.3 is 5.97 Å². The molecule has 1 saturated heterocycles. The van der Waals surface area contributed by atoms with Crippen LogP contribution in [0.15, 0.2) is 0 Å².